The highest BCUT2D eigenvalue weighted by atomic mass is 32.2. The smallest absolute Gasteiger partial charge is 0.263 e. The van der Waals surface area contributed by atoms with Crippen molar-refractivity contribution >= 4 is 26.5 Å². The third-order valence-electron chi connectivity index (χ3n) is 5.49. The summed E-state index contributed by atoms with van der Waals surface area (Å²) in [6.45, 7) is 5.95. The SMILES string of the molecule is Cc1ccc(O[C@@H]2CC(C)(C)Oc3cc(S(=O)(=O)Nc4nccs4)ccc32)c(-n2cccn2)c1. The molecule has 0 saturated carbocycles. The summed E-state index contributed by atoms with van der Waals surface area (Å²) >= 11 is 1.22. The number of fused-ring (bicyclic) bond motifs is 1. The Balaban J connectivity index is 1.50. The van der Waals surface area contributed by atoms with Crippen molar-refractivity contribution in [3.8, 4) is 17.2 Å². The molecule has 4 aromatic rings. The van der Waals surface area contributed by atoms with Gasteiger partial charge in [0, 0.05) is 42.0 Å². The first-order valence-corrected chi connectivity index (χ1v) is 13.1. The summed E-state index contributed by atoms with van der Waals surface area (Å²) in [6, 6.07) is 12.7. The minimum atomic E-state index is -3.81. The van der Waals surface area contributed by atoms with Crippen LogP contribution >= 0.6 is 11.3 Å². The van der Waals surface area contributed by atoms with Crippen molar-refractivity contribution in [2.24, 2.45) is 0 Å². The van der Waals surface area contributed by atoms with Crippen LogP contribution in [0.5, 0.6) is 11.5 Å². The van der Waals surface area contributed by atoms with Crippen molar-refractivity contribution in [2.75, 3.05) is 4.72 Å². The molecule has 0 fully saturated rings. The lowest BCUT2D eigenvalue weighted by Crippen LogP contribution is -2.36. The van der Waals surface area contributed by atoms with Crippen LogP contribution in [-0.2, 0) is 10.0 Å². The summed E-state index contributed by atoms with van der Waals surface area (Å²) in [7, 11) is -3.81. The number of thiazole rings is 1. The van der Waals surface area contributed by atoms with Gasteiger partial charge in [-0.1, -0.05) is 12.1 Å². The number of aromatic nitrogens is 3. The second kappa shape index (κ2) is 8.44. The molecule has 0 bridgehead atoms. The van der Waals surface area contributed by atoms with E-state index in [9.17, 15) is 8.42 Å². The minimum absolute atomic E-state index is 0.102. The van der Waals surface area contributed by atoms with Crippen LogP contribution in [0.25, 0.3) is 5.69 Å². The first kappa shape index (κ1) is 22.4. The largest absolute Gasteiger partial charge is 0.487 e. The Hall–Kier alpha value is -3.37. The van der Waals surface area contributed by atoms with Gasteiger partial charge in [-0.05, 0) is 50.6 Å². The molecule has 0 saturated heterocycles. The molecule has 1 aliphatic rings. The summed E-state index contributed by atoms with van der Waals surface area (Å²) in [5, 5.41) is 6.38. The van der Waals surface area contributed by atoms with Gasteiger partial charge in [0.05, 0.1) is 4.90 Å². The number of nitrogens with zero attached hydrogens (tertiary/aromatic N) is 3. The second-order valence-electron chi connectivity index (χ2n) is 8.74. The van der Waals surface area contributed by atoms with Crippen molar-refractivity contribution in [1.82, 2.24) is 14.8 Å². The standard InChI is InChI=1S/C24H24N4O4S2/c1-16-5-8-20(19(13-16)28-11-4-9-26-28)31-22-15-24(2,3)32-21-14-17(6-7-18(21)22)34(29,30)27-23-25-10-12-33-23/h4-14,22H,15H2,1-3H3,(H,25,27)/t22-/m1/s1. The normalized spacial score (nSPS) is 17.0. The molecule has 5 rings (SSSR count). The van der Waals surface area contributed by atoms with E-state index >= 15 is 0 Å². The van der Waals surface area contributed by atoms with Gasteiger partial charge in [0.1, 0.15) is 28.9 Å². The molecule has 1 atom stereocenters. The van der Waals surface area contributed by atoms with E-state index < -0.39 is 15.6 Å². The zero-order valence-electron chi connectivity index (χ0n) is 18.9. The molecule has 1 N–H and O–H groups in total. The molecule has 176 valence electrons. The van der Waals surface area contributed by atoms with Crippen molar-refractivity contribution in [3.63, 3.8) is 0 Å². The van der Waals surface area contributed by atoms with Crippen molar-refractivity contribution in [2.45, 2.75) is 43.8 Å². The number of hydrogen-bond acceptors (Lipinski definition) is 7. The van der Waals surface area contributed by atoms with Gasteiger partial charge < -0.3 is 9.47 Å². The van der Waals surface area contributed by atoms with E-state index in [0.717, 1.165) is 16.8 Å². The van der Waals surface area contributed by atoms with Gasteiger partial charge in [-0.2, -0.15) is 5.10 Å². The van der Waals surface area contributed by atoms with Gasteiger partial charge in [0.2, 0.25) is 0 Å². The van der Waals surface area contributed by atoms with Crippen LogP contribution < -0.4 is 14.2 Å². The van der Waals surface area contributed by atoms with Gasteiger partial charge in [-0.25, -0.2) is 18.1 Å². The van der Waals surface area contributed by atoms with Crippen LogP contribution in [0.1, 0.15) is 37.5 Å². The molecule has 0 radical (unpaired) electrons. The van der Waals surface area contributed by atoms with E-state index in [-0.39, 0.29) is 11.0 Å². The Morgan fingerprint density at radius 2 is 2.06 bits per heavy atom. The molecule has 1 aliphatic heterocycles. The fourth-order valence-electron chi connectivity index (χ4n) is 3.96. The summed E-state index contributed by atoms with van der Waals surface area (Å²) < 4.78 is 42.7. The van der Waals surface area contributed by atoms with Gasteiger partial charge in [-0.15, -0.1) is 11.3 Å². The first-order chi connectivity index (χ1) is 16.2. The zero-order chi connectivity index (χ0) is 23.9. The highest BCUT2D eigenvalue weighted by Crippen LogP contribution is 2.43. The molecule has 0 unspecified atom stereocenters. The number of anilines is 1. The molecule has 34 heavy (non-hydrogen) atoms. The summed E-state index contributed by atoms with van der Waals surface area (Å²) in [6.07, 6.45) is 5.40. The highest BCUT2D eigenvalue weighted by molar-refractivity contribution is 7.93. The summed E-state index contributed by atoms with van der Waals surface area (Å²) in [5.41, 5.74) is 2.16. The van der Waals surface area contributed by atoms with Gasteiger partial charge in [-0.3, -0.25) is 4.72 Å². The van der Waals surface area contributed by atoms with Crippen LogP contribution in [0.4, 0.5) is 5.13 Å². The molecule has 0 spiro atoms. The third-order valence-corrected chi connectivity index (χ3v) is 7.65. The maximum absolute atomic E-state index is 12.9. The van der Waals surface area contributed by atoms with Crippen LogP contribution in [0.3, 0.4) is 0 Å². The Morgan fingerprint density at radius 3 is 2.79 bits per heavy atom. The zero-order valence-corrected chi connectivity index (χ0v) is 20.6. The van der Waals surface area contributed by atoms with E-state index in [4.69, 9.17) is 9.47 Å². The van der Waals surface area contributed by atoms with Gasteiger partial charge >= 0.3 is 0 Å². The number of ether oxygens (including phenoxy) is 2. The van der Waals surface area contributed by atoms with E-state index in [1.54, 1.807) is 40.7 Å². The number of hydrogen-bond donors (Lipinski definition) is 1. The van der Waals surface area contributed by atoms with Crippen LogP contribution in [0.15, 0.2) is 71.3 Å². The Bertz CT molecular complexity index is 1420. The molecule has 0 amide bonds. The highest BCUT2D eigenvalue weighted by Gasteiger charge is 2.36. The minimum Gasteiger partial charge on any atom is -0.487 e. The van der Waals surface area contributed by atoms with Gasteiger partial charge in [0.25, 0.3) is 10.0 Å². The predicted octanol–water partition coefficient (Wildman–Crippen LogP) is 5.12. The monoisotopic (exact) mass is 496 g/mol. The van der Waals surface area contributed by atoms with E-state index in [0.29, 0.717) is 23.1 Å². The Morgan fingerprint density at radius 1 is 1.21 bits per heavy atom. The topological polar surface area (TPSA) is 95.3 Å². The average Bonchev–Trinajstić information content (AvgIpc) is 3.48. The fourth-order valence-corrected chi connectivity index (χ4v) is 5.76. The quantitative estimate of drug-likeness (QED) is 0.398. The number of benzene rings is 2. The molecular formula is C24H24N4O4S2. The maximum Gasteiger partial charge on any atom is 0.263 e. The lowest BCUT2D eigenvalue weighted by Gasteiger charge is -2.38. The molecule has 0 aliphatic carbocycles. The van der Waals surface area contributed by atoms with E-state index in [2.05, 4.69) is 14.8 Å². The van der Waals surface area contributed by atoms with Gasteiger partial charge in [0.15, 0.2) is 5.13 Å². The molecular weight excluding hydrogens is 472 g/mol. The molecule has 8 nitrogen and oxygen atoms in total. The van der Waals surface area contributed by atoms with E-state index in [1.165, 1.54) is 11.3 Å². The fraction of sp³-hybridized carbons (Fsp3) is 0.250. The first-order valence-electron chi connectivity index (χ1n) is 10.7. The van der Waals surface area contributed by atoms with Crippen molar-refractivity contribution in [1.29, 1.82) is 0 Å². The summed E-state index contributed by atoms with van der Waals surface area (Å²) in [5.74, 6) is 1.17. The lowest BCUT2D eigenvalue weighted by atomic mass is 9.91. The van der Waals surface area contributed by atoms with E-state index in [1.807, 2.05) is 51.2 Å². The molecule has 10 heteroatoms. The summed E-state index contributed by atoms with van der Waals surface area (Å²) in [4.78, 5) is 4.10. The number of rotatable bonds is 6. The average molecular weight is 497 g/mol. The molecule has 2 aromatic heterocycles. The van der Waals surface area contributed by atoms with Crippen molar-refractivity contribution in [3.05, 3.63) is 77.6 Å². The Labute approximate surface area is 202 Å². The third kappa shape index (κ3) is 4.51. The number of nitrogens with one attached hydrogen (secondary N) is 1. The van der Waals surface area contributed by atoms with Crippen LogP contribution in [0.2, 0.25) is 0 Å². The van der Waals surface area contributed by atoms with Crippen molar-refractivity contribution < 1.29 is 17.9 Å². The van der Waals surface area contributed by atoms with Crippen LogP contribution in [-0.4, -0.2) is 28.8 Å². The lowest BCUT2D eigenvalue weighted by molar-refractivity contribution is 0.0216. The predicted molar refractivity (Wildman–Crippen MR) is 130 cm³/mol. The molecule has 3 heterocycles. The molecule has 2 aromatic carbocycles. The maximum atomic E-state index is 12.9. The number of aryl methyl sites for hydroxylation is 1. The Kier molecular flexibility index (Phi) is 5.57. The number of sulfonamides is 1. The van der Waals surface area contributed by atoms with Crippen LogP contribution in [0, 0.1) is 6.92 Å². The second-order valence-corrected chi connectivity index (χ2v) is 11.3.